The number of hydrogen-bond acceptors (Lipinski definition) is 6. The van der Waals surface area contributed by atoms with E-state index in [1.807, 2.05) is 24.3 Å². The Morgan fingerprint density at radius 1 is 1.14 bits per heavy atom. The molecular formula is C27H29FN2O5. The van der Waals surface area contributed by atoms with Crippen LogP contribution in [0.3, 0.4) is 0 Å². The number of carbonyl (C=O) groups excluding carboxylic acids is 1. The first-order valence-corrected chi connectivity index (χ1v) is 12.1. The molecule has 1 aliphatic carbocycles. The molecule has 5 rings (SSSR count). The number of aromatic nitrogens is 1. The van der Waals surface area contributed by atoms with Crippen LogP contribution in [0, 0.1) is 11.7 Å². The molecule has 1 N–H and O–H groups in total. The largest absolute Gasteiger partial charge is 0.493 e. The first kappa shape index (κ1) is 23.2. The summed E-state index contributed by atoms with van der Waals surface area (Å²) in [5.41, 5.74) is 1.80. The molecule has 1 aromatic heterocycles. The minimum Gasteiger partial charge on any atom is -0.493 e. The molecule has 1 amide bonds. The van der Waals surface area contributed by atoms with E-state index in [0.717, 1.165) is 61.2 Å². The molecule has 7 nitrogen and oxygen atoms in total. The van der Waals surface area contributed by atoms with Gasteiger partial charge in [-0.25, -0.2) is 4.39 Å². The minimum atomic E-state index is -0.384. The lowest BCUT2D eigenvalue weighted by Crippen LogP contribution is -2.35. The van der Waals surface area contributed by atoms with Gasteiger partial charge in [-0.1, -0.05) is 17.3 Å². The Hall–Kier alpha value is -3.55. The molecule has 0 radical (unpaired) electrons. The molecule has 184 valence electrons. The van der Waals surface area contributed by atoms with Gasteiger partial charge in [0.25, 0.3) is 0 Å². The number of nitrogens with one attached hydrogen (secondary N) is 1. The Morgan fingerprint density at radius 2 is 2.00 bits per heavy atom. The summed E-state index contributed by atoms with van der Waals surface area (Å²) in [7, 11) is 1.47. The predicted molar refractivity (Wildman–Crippen MR) is 126 cm³/mol. The molecular weight excluding hydrogens is 451 g/mol. The van der Waals surface area contributed by atoms with Crippen LogP contribution in [0.5, 0.6) is 17.2 Å². The van der Waals surface area contributed by atoms with Crippen molar-refractivity contribution in [2.24, 2.45) is 5.92 Å². The Balaban J connectivity index is 1.14. The van der Waals surface area contributed by atoms with E-state index in [2.05, 4.69) is 10.5 Å². The number of ether oxygens (including phenoxy) is 3. The predicted octanol–water partition coefficient (Wildman–Crippen LogP) is 5.14. The van der Waals surface area contributed by atoms with Crippen LogP contribution in [0.15, 0.2) is 53.2 Å². The molecule has 0 bridgehead atoms. The van der Waals surface area contributed by atoms with Crippen molar-refractivity contribution >= 4 is 5.91 Å². The second-order valence-corrected chi connectivity index (χ2v) is 9.07. The van der Waals surface area contributed by atoms with E-state index in [4.69, 9.17) is 18.7 Å². The zero-order chi connectivity index (χ0) is 24.2. The lowest BCUT2D eigenvalue weighted by molar-refractivity contribution is -0.126. The Bertz CT molecular complexity index is 1160. The van der Waals surface area contributed by atoms with Gasteiger partial charge in [-0.05, 0) is 68.4 Å². The molecule has 8 heteroatoms. The van der Waals surface area contributed by atoms with Gasteiger partial charge in [0.15, 0.2) is 17.3 Å². The Labute approximate surface area is 203 Å². The fourth-order valence-electron chi connectivity index (χ4n) is 4.94. The topological polar surface area (TPSA) is 82.8 Å². The number of carbonyl (C=O) groups is 1. The number of methoxy groups -OCH3 is 1. The summed E-state index contributed by atoms with van der Waals surface area (Å²) in [6.45, 7) is 0.360. The molecule has 2 aromatic carbocycles. The minimum absolute atomic E-state index is 0.00791. The number of nitrogens with zero attached hydrogens (tertiary/aromatic N) is 1. The highest BCUT2D eigenvalue weighted by molar-refractivity contribution is 5.78. The summed E-state index contributed by atoms with van der Waals surface area (Å²) in [5.74, 6) is 2.14. The SMILES string of the molecule is COc1c(F)cccc1C1CCc2cc(OC3CCC(C(=O)NCc4ccno4)CC3)ccc2O1. The van der Waals surface area contributed by atoms with Crippen molar-refractivity contribution in [3.05, 3.63) is 71.4 Å². The van der Waals surface area contributed by atoms with Gasteiger partial charge in [0, 0.05) is 17.5 Å². The molecule has 1 fully saturated rings. The number of para-hydroxylation sites is 1. The number of hydrogen-bond donors (Lipinski definition) is 1. The first-order chi connectivity index (χ1) is 17.1. The number of rotatable bonds is 7. The van der Waals surface area contributed by atoms with E-state index < -0.39 is 0 Å². The molecule has 0 spiro atoms. The van der Waals surface area contributed by atoms with Crippen molar-refractivity contribution in [2.45, 2.75) is 57.3 Å². The lowest BCUT2D eigenvalue weighted by atomic mass is 9.86. The van der Waals surface area contributed by atoms with Crippen LogP contribution in [0.25, 0.3) is 0 Å². The van der Waals surface area contributed by atoms with Gasteiger partial charge in [0.05, 0.1) is 26.0 Å². The maximum absolute atomic E-state index is 14.1. The van der Waals surface area contributed by atoms with Crippen LogP contribution in [-0.4, -0.2) is 24.3 Å². The van der Waals surface area contributed by atoms with Crippen molar-refractivity contribution in [1.82, 2.24) is 10.5 Å². The lowest BCUT2D eigenvalue weighted by Gasteiger charge is -2.30. The normalized spacial score (nSPS) is 21.5. The van der Waals surface area contributed by atoms with Crippen LogP contribution in [0.1, 0.15) is 55.1 Å². The summed E-state index contributed by atoms with van der Waals surface area (Å²) in [5, 5.41) is 6.57. The second-order valence-electron chi connectivity index (χ2n) is 9.07. The fourth-order valence-corrected chi connectivity index (χ4v) is 4.94. The smallest absolute Gasteiger partial charge is 0.223 e. The molecule has 1 saturated carbocycles. The van der Waals surface area contributed by atoms with Gasteiger partial charge in [-0.15, -0.1) is 0 Å². The summed E-state index contributed by atoms with van der Waals surface area (Å²) < 4.78 is 36.9. The third-order valence-electron chi connectivity index (χ3n) is 6.80. The Kier molecular flexibility index (Phi) is 6.88. The third kappa shape index (κ3) is 5.26. The van der Waals surface area contributed by atoms with Crippen molar-refractivity contribution in [1.29, 1.82) is 0 Å². The molecule has 2 aliphatic rings. The number of halogens is 1. The zero-order valence-electron chi connectivity index (χ0n) is 19.7. The summed E-state index contributed by atoms with van der Waals surface area (Å²) in [6.07, 6.45) is 6.16. The van der Waals surface area contributed by atoms with Crippen molar-refractivity contribution in [3.63, 3.8) is 0 Å². The van der Waals surface area contributed by atoms with Crippen LogP contribution < -0.4 is 19.5 Å². The van der Waals surface area contributed by atoms with E-state index >= 15 is 0 Å². The molecule has 1 unspecified atom stereocenters. The quantitative estimate of drug-likeness (QED) is 0.504. The average molecular weight is 481 g/mol. The van der Waals surface area contributed by atoms with Gasteiger partial charge >= 0.3 is 0 Å². The first-order valence-electron chi connectivity index (χ1n) is 12.1. The van der Waals surface area contributed by atoms with Gasteiger partial charge in [0.1, 0.15) is 17.6 Å². The van der Waals surface area contributed by atoms with Crippen LogP contribution >= 0.6 is 0 Å². The van der Waals surface area contributed by atoms with Crippen LogP contribution in [-0.2, 0) is 17.8 Å². The summed E-state index contributed by atoms with van der Waals surface area (Å²) in [4.78, 5) is 12.5. The third-order valence-corrected chi connectivity index (χ3v) is 6.80. The molecule has 0 saturated heterocycles. The average Bonchev–Trinajstić information content (AvgIpc) is 3.41. The number of fused-ring (bicyclic) bond motifs is 1. The number of benzene rings is 2. The monoisotopic (exact) mass is 480 g/mol. The summed E-state index contributed by atoms with van der Waals surface area (Å²) in [6, 6.07) is 12.5. The Morgan fingerprint density at radius 3 is 2.77 bits per heavy atom. The van der Waals surface area contributed by atoms with Crippen molar-refractivity contribution in [2.75, 3.05) is 7.11 Å². The molecule has 35 heavy (non-hydrogen) atoms. The van der Waals surface area contributed by atoms with Gasteiger partial charge < -0.3 is 24.1 Å². The van der Waals surface area contributed by atoms with Crippen LogP contribution in [0.4, 0.5) is 4.39 Å². The highest BCUT2D eigenvalue weighted by Gasteiger charge is 2.29. The van der Waals surface area contributed by atoms with Crippen molar-refractivity contribution in [3.8, 4) is 17.2 Å². The second kappa shape index (κ2) is 10.4. The standard InChI is InChI=1S/C27H29FN2O5/c1-32-26-22(3-2-4-23(26)28)25-11-7-18-15-20(10-12-24(18)34-25)33-19-8-5-17(6-9-19)27(31)29-16-21-13-14-30-35-21/h2-4,10,12-15,17,19,25H,5-9,11,16H2,1H3,(H,29,31). The van der Waals surface area contributed by atoms with Gasteiger partial charge in [-0.3, -0.25) is 4.79 Å². The van der Waals surface area contributed by atoms with E-state index in [0.29, 0.717) is 12.3 Å². The zero-order valence-corrected chi connectivity index (χ0v) is 19.7. The molecule has 1 aliphatic heterocycles. The highest BCUT2D eigenvalue weighted by atomic mass is 19.1. The fraction of sp³-hybridized carbons (Fsp3) is 0.407. The maximum Gasteiger partial charge on any atom is 0.223 e. The number of amides is 1. The highest BCUT2D eigenvalue weighted by Crippen LogP contribution is 2.40. The molecule has 1 atom stereocenters. The maximum atomic E-state index is 14.1. The summed E-state index contributed by atoms with van der Waals surface area (Å²) >= 11 is 0. The van der Waals surface area contributed by atoms with E-state index in [1.165, 1.54) is 13.2 Å². The molecule has 2 heterocycles. The number of aryl methyl sites for hydroxylation is 1. The van der Waals surface area contributed by atoms with Gasteiger partial charge in [-0.2, -0.15) is 0 Å². The van der Waals surface area contributed by atoms with Gasteiger partial charge in [0.2, 0.25) is 5.91 Å². The van der Waals surface area contributed by atoms with E-state index in [-0.39, 0.29) is 35.6 Å². The molecule has 3 aromatic rings. The van der Waals surface area contributed by atoms with E-state index in [1.54, 1.807) is 18.3 Å². The van der Waals surface area contributed by atoms with Crippen molar-refractivity contribution < 1.29 is 27.9 Å². The van der Waals surface area contributed by atoms with Crippen LogP contribution in [0.2, 0.25) is 0 Å². The van der Waals surface area contributed by atoms with E-state index in [9.17, 15) is 9.18 Å².